The van der Waals surface area contributed by atoms with Crippen molar-refractivity contribution in [1.29, 1.82) is 0 Å². The topological polar surface area (TPSA) is 55.1 Å². The molecule has 1 amide bonds. The van der Waals surface area contributed by atoms with Crippen molar-refractivity contribution in [3.05, 3.63) is 22.4 Å². The van der Waals surface area contributed by atoms with E-state index in [0.717, 1.165) is 17.7 Å². The zero-order valence-electron chi connectivity index (χ0n) is 8.61. The van der Waals surface area contributed by atoms with E-state index < -0.39 is 0 Å². The van der Waals surface area contributed by atoms with E-state index in [1.54, 1.807) is 0 Å². The maximum absolute atomic E-state index is 11.8. The van der Waals surface area contributed by atoms with Crippen LogP contribution in [0.1, 0.15) is 35.4 Å². The molecule has 2 atom stereocenters. The monoisotopic (exact) mass is 224 g/mol. The third kappa shape index (κ3) is 2.58. The second kappa shape index (κ2) is 4.77. The number of amides is 1. The van der Waals surface area contributed by atoms with Crippen molar-refractivity contribution in [2.75, 3.05) is 0 Å². The summed E-state index contributed by atoms with van der Waals surface area (Å²) in [6.07, 6.45) is 4.39. The Bertz CT molecular complexity index is 323. The van der Waals surface area contributed by atoms with E-state index in [1.807, 2.05) is 17.5 Å². The van der Waals surface area contributed by atoms with Crippen molar-refractivity contribution in [1.82, 2.24) is 5.32 Å². The number of thiophene rings is 1. The molecule has 0 saturated heterocycles. The molecule has 15 heavy (non-hydrogen) atoms. The van der Waals surface area contributed by atoms with Gasteiger partial charge in [-0.15, -0.1) is 11.3 Å². The van der Waals surface area contributed by atoms with Crippen molar-refractivity contribution < 1.29 is 4.79 Å². The number of nitrogens with one attached hydrogen (secondary N) is 1. The van der Waals surface area contributed by atoms with Crippen LogP contribution < -0.4 is 11.1 Å². The van der Waals surface area contributed by atoms with Gasteiger partial charge < -0.3 is 11.1 Å². The third-order valence-corrected chi connectivity index (χ3v) is 3.75. The number of rotatable bonds is 2. The fourth-order valence-electron chi connectivity index (χ4n) is 1.99. The fourth-order valence-corrected chi connectivity index (χ4v) is 2.61. The maximum Gasteiger partial charge on any atom is 0.261 e. The molecule has 1 aromatic rings. The Hall–Kier alpha value is -0.870. The summed E-state index contributed by atoms with van der Waals surface area (Å²) in [4.78, 5) is 12.5. The lowest BCUT2D eigenvalue weighted by atomic mass is 9.91. The summed E-state index contributed by atoms with van der Waals surface area (Å²) in [5.41, 5.74) is 5.97. The molecule has 0 aromatic carbocycles. The molecular formula is C11H16N2OS. The Kier molecular flexibility index (Phi) is 3.38. The number of hydrogen-bond acceptors (Lipinski definition) is 3. The van der Waals surface area contributed by atoms with Crippen molar-refractivity contribution in [2.24, 2.45) is 5.73 Å². The zero-order chi connectivity index (χ0) is 10.7. The van der Waals surface area contributed by atoms with E-state index in [2.05, 4.69) is 5.32 Å². The Morgan fingerprint density at radius 2 is 2.27 bits per heavy atom. The van der Waals surface area contributed by atoms with Gasteiger partial charge in [0.15, 0.2) is 0 Å². The first-order valence-electron chi connectivity index (χ1n) is 5.37. The summed E-state index contributed by atoms with van der Waals surface area (Å²) < 4.78 is 0. The Morgan fingerprint density at radius 1 is 1.47 bits per heavy atom. The molecule has 1 aliphatic carbocycles. The summed E-state index contributed by atoms with van der Waals surface area (Å²) in [6, 6.07) is 4.02. The minimum absolute atomic E-state index is 0.0207. The van der Waals surface area contributed by atoms with Crippen molar-refractivity contribution in [3.63, 3.8) is 0 Å². The highest BCUT2D eigenvalue weighted by Crippen LogP contribution is 2.18. The molecule has 3 nitrogen and oxygen atoms in total. The normalized spacial score (nSPS) is 26.2. The van der Waals surface area contributed by atoms with E-state index in [1.165, 1.54) is 24.2 Å². The van der Waals surface area contributed by atoms with Gasteiger partial charge in [-0.3, -0.25) is 4.79 Å². The molecule has 0 bridgehead atoms. The largest absolute Gasteiger partial charge is 0.347 e. The predicted octanol–water partition coefficient (Wildman–Crippen LogP) is 1.75. The van der Waals surface area contributed by atoms with Crippen LogP contribution >= 0.6 is 11.3 Å². The van der Waals surface area contributed by atoms with E-state index in [-0.39, 0.29) is 18.0 Å². The van der Waals surface area contributed by atoms with Gasteiger partial charge in [-0.2, -0.15) is 0 Å². The first-order valence-corrected chi connectivity index (χ1v) is 6.25. The highest BCUT2D eigenvalue weighted by Gasteiger charge is 2.23. The third-order valence-electron chi connectivity index (χ3n) is 2.88. The summed E-state index contributed by atoms with van der Waals surface area (Å²) in [6.45, 7) is 0. The minimum atomic E-state index is 0.0207. The van der Waals surface area contributed by atoms with Gasteiger partial charge >= 0.3 is 0 Å². The predicted molar refractivity (Wildman–Crippen MR) is 62.0 cm³/mol. The van der Waals surface area contributed by atoms with Gasteiger partial charge in [-0.05, 0) is 24.3 Å². The SMILES string of the molecule is N[C@H]1CCCC[C@H]1NC(=O)c1cccs1. The van der Waals surface area contributed by atoms with Crippen LogP contribution in [0, 0.1) is 0 Å². The molecule has 1 aromatic heterocycles. The second-order valence-electron chi connectivity index (χ2n) is 4.01. The molecule has 2 rings (SSSR count). The van der Waals surface area contributed by atoms with Crippen LogP contribution in [0.4, 0.5) is 0 Å². The Labute approximate surface area is 93.7 Å². The van der Waals surface area contributed by atoms with Crippen LogP contribution in [-0.2, 0) is 0 Å². The summed E-state index contributed by atoms with van der Waals surface area (Å²) >= 11 is 1.47. The molecule has 0 radical (unpaired) electrons. The molecule has 4 heteroatoms. The lowest BCUT2D eigenvalue weighted by molar-refractivity contribution is 0.0925. The van der Waals surface area contributed by atoms with Gasteiger partial charge in [0.1, 0.15) is 0 Å². The summed E-state index contributed by atoms with van der Waals surface area (Å²) in [5.74, 6) is 0.0207. The Balaban J connectivity index is 1.93. The zero-order valence-corrected chi connectivity index (χ0v) is 9.43. The highest BCUT2D eigenvalue weighted by atomic mass is 32.1. The Morgan fingerprint density at radius 3 is 2.93 bits per heavy atom. The molecule has 0 aliphatic heterocycles. The number of carbonyl (C=O) groups is 1. The highest BCUT2D eigenvalue weighted by molar-refractivity contribution is 7.12. The molecule has 3 N–H and O–H groups in total. The smallest absolute Gasteiger partial charge is 0.261 e. The standard InChI is InChI=1S/C11H16N2OS/c12-8-4-1-2-5-9(8)13-11(14)10-6-3-7-15-10/h3,6-9H,1-2,4-5,12H2,(H,13,14)/t8-,9+/m0/s1. The molecule has 1 fully saturated rings. The first-order chi connectivity index (χ1) is 7.27. The number of nitrogens with two attached hydrogens (primary N) is 1. The molecule has 1 aliphatic rings. The molecular weight excluding hydrogens is 208 g/mol. The lowest BCUT2D eigenvalue weighted by Crippen LogP contribution is -2.49. The van der Waals surface area contributed by atoms with Crippen molar-refractivity contribution in [3.8, 4) is 0 Å². The van der Waals surface area contributed by atoms with E-state index in [4.69, 9.17) is 5.73 Å². The second-order valence-corrected chi connectivity index (χ2v) is 4.95. The van der Waals surface area contributed by atoms with Crippen LogP contribution in [0.25, 0.3) is 0 Å². The van der Waals surface area contributed by atoms with Crippen LogP contribution in [0.5, 0.6) is 0 Å². The average Bonchev–Trinajstić information content (AvgIpc) is 2.74. The minimum Gasteiger partial charge on any atom is -0.347 e. The van der Waals surface area contributed by atoms with Gasteiger partial charge in [-0.1, -0.05) is 18.9 Å². The molecule has 82 valence electrons. The van der Waals surface area contributed by atoms with Crippen LogP contribution in [0.15, 0.2) is 17.5 Å². The maximum atomic E-state index is 11.8. The number of hydrogen-bond donors (Lipinski definition) is 2. The van der Waals surface area contributed by atoms with E-state index >= 15 is 0 Å². The fraction of sp³-hybridized carbons (Fsp3) is 0.545. The van der Waals surface area contributed by atoms with E-state index in [9.17, 15) is 4.79 Å². The van der Waals surface area contributed by atoms with Gasteiger partial charge in [0.2, 0.25) is 0 Å². The first kappa shape index (κ1) is 10.6. The van der Waals surface area contributed by atoms with Crippen LogP contribution in [0.2, 0.25) is 0 Å². The van der Waals surface area contributed by atoms with Gasteiger partial charge in [0.25, 0.3) is 5.91 Å². The van der Waals surface area contributed by atoms with Crippen LogP contribution in [-0.4, -0.2) is 18.0 Å². The molecule has 1 heterocycles. The van der Waals surface area contributed by atoms with Crippen LogP contribution in [0.3, 0.4) is 0 Å². The lowest BCUT2D eigenvalue weighted by Gasteiger charge is -2.29. The average molecular weight is 224 g/mol. The van der Waals surface area contributed by atoms with Crippen molar-refractivity contribution >= 4 is 17.2 Å². The van der Waals surface area contributed by atoms with E-state index in [0.29, 0.717) is 0 Å². The molecule has 1 saturated carbocycles. The number of carbonyl (C=O) groups excluding carboxylic acids is 1. The quantitative estimate of drug-likeness (QED) is 0.804. The van der Waals surface area contributed by atoms with Gasteiger partial charge in [-0.25, -0.2) is 0 Å². The van der Waals surface area contributed by atoms with Gasteiger partial charge in [0.05, 0.1) is 4.88 Å². The van der Waals surface area contributed by atoms with Crippen molar-refractivity contribution in [2.45, 2.75) is 37.8 Å². The summed E-state index contributed by atoms with van der Waals surface area (Å²) in [5, 5.41) is 4.93. The summed E-state index contributed by atoms with van der Waals surface area (Å²) in [7, 11) is 0. The van der Waals surface area contributed by atoms with Gasteiger partial charge in [0, 0.05) is 12.1 Å². The molecule has 0 unspecified atom stereocenters. The molecule has 0 spiro atoms.